The van der Waals surface area contributed by atoms with Crippen LogP contribution < -0.4 is 10.6 Å². The molecule has 5 heteroatoms. The van der Waals surface area contributed by atoms with Crippen LogP contribution in [-0.4, -0.2) is 49.0 Å². The topological polar surface area (TPSA) is 56.7 Å². The molecule has 1 aliphatic carbocycles. The first kappa shape index (κ1) is 13.7. The highest BCUT2D eigenvalue weighted by Gasteiger charge is 2.42. The van der Waals surface area contributed by atoms with Crippen molar-refractivity contribution in [2.45, 2.75) is 51.5 Å². The van der Waals surface area contributed by atoms with Crippen molar-refractivity contribution in [2.75, 3.05) is 26.2 Å². The van der Waals surface area contributed by atoms with Crippen molar-refractivity contribution in [2.24, 2.45) is 10.4 Å². The van der Waals surface area contributed by atoms with Gasteiger partial charge in [0.05, 0.1) is 0 Å². The van der Waals surface area contributed by atoms with Crippen LogP contribution in [-0.2, 0) is 4.79 Å². The predicted molar refractivity (Wildman–Crippen MR) is 79.6 cm³/mol. The summed E-state index contributed by atoms with van der Waals surface area (Å²) in [5.74, 6) is 1.28. The number of amides is 1. The zero-order valence-electron chi connectivity index (χ0n) is 12.5. The fourth-order valence-corrected chi connectivity index (χ4v) is 3.55. The number of carbonyl (C=O) groups excluding carboxylic acids is 1. The summed E-state index contributed by atoms with van der Waals surface area (Å²) in [6.45, 7) is 5.77. The Balaban J connectivity index is 1.67. The highest BCUT2D eigenvalue weighted by molar-refractivity contribution is 5.82. The number of carbonyl (C=O) groups is 1. The molecule has 3 rings (SSSR count). The molecular formula is C15H26N4O. The van der Waals surface area contributed by atoms with Gasteiger partial charge in [-0.25, -0.2) is 0 Å². The lowest BCUT2D eigenvalue weighted by Gasteiger charge is -2.42. The molecule has 0 aromatic heterocycles. The number of hydrogen-bond acceptors (Lipinski definition) is 2. The molecule has 20 heavy (non-hydrogen) atoms. The third-order valence-corrected chi connectivity index (χ3v) is 4.90. The minimum absolute atomic E-state index is 0.144. The first-order valence-corrected chi connectivity index (χ1v) is 8.03. The Hall–Kier alpha value is -1.26. The molecule has 0 aromatic rings. The summed E-state index contributed by atoms with van der Waals surface area (Å²) in [7, 11) is 0. The summed E-state index contributed by atoms with van der Waals surface area (Å²) in [6.07, 6.45) is 6.87. The molecule has 1 amide bonds. The van der Waals surface area contributed by atoms with Gasteiger partial charge >= 0.3 is 0 Å². The number of rotatable bonds is 2. The maximum Gasteiger partial charge on any atom is 0.220 e. The summed E-state index contributed by atoms with van der Waals surface area (Å²) >= 11 is 0. The van der Waals surface area contributed by atoms with Gasteiger partial charge < -0.3 is 15.5 Å². The van der Waals surface area contributed by atoms with E-state index < -0.39 is 0 Å². The van der Waals surface area contributed by atoms with Gasteiger partial charge in [-0.3, -0.25) is 9.79 Å². The Kier molecular flexibility index (Phi) is 3.85. The van der Waals surface area contributed by atoms with Crippen molar-refractivity contribution in [1.82, 2.24) is 15.5 Å². The highest BCUT2D eigenvalue weighted by Crippen LogP contribution is 2.36. The quantitative estimate of drug-likeness (QED) is 0.587. The average Bonchev–Trinajstić information content (AvgIpc) is 2.73. The van der Waals surface area contributed by atoms with E-state index in [-0.39, 0.29) is 11.3 Å². The van der Waals surface area contributed by atoms with E-state index in [9.17, 15) is 4.79 Å². The monoisotopic (exact) mass is 278 g/mol. The number of nitrogens with one attached hydrogen (secondary N) is 2. The van der Waals surface area contributed by atoms with Crippen molar-refractivity contribution in [3.63, 3.8) is 0 Å². The molecule has 0 bridgehead atoms. The largest absolute Gasteiger partial charge is 0.355 e. The van der Waals surface area contributed by atoms with E-state index in [1.54, 1.807) is 0 Å². The minimum atomic E-state index is 0.144. The minimum Gasteiger partial charge on any atom is -0.355 e. The molecule has 1 unspecified atom stereocenters. The van der Waals surface area contributed by atoms with Crippen LogP contribution in [0.2, 0.25) is 0 Å². The Morgan fingerprint density at radius 1 is 1.50 bits per heavy atom. The Labute approximate surface area is 121 Å². The van der Waals surface area contributed by atoms with E-state index in [0.29, 0.717) is 12.5 Å². The molecule has 0 aromatic carbocycles. The van der Waals surface area contributed by atoms with Crippen LogP contribution >= 0.6 is 0 Å². The average molecular weight is 278 g/mol. The molecule has 2 aliphatic heterocycles. The molecule has 112 valence electrons. The fourth-order valence-electron chi connectivity index (χ4n) is 3.55. The summed E-state index contributed by atoms with van der Waals surface area (Å²) in [5, 5.41) is 6.62. The molecule has 5 nitrogen and oxygen atoms in total. The van der Waals surface area contributed by atoms with E-state index in [2.05, 4.69) is 27.4 Å². The van der Waals surface area contributed by atoms with Gasteiger partial charge in [0.1, 0.15) is 0 Å². The van der Waals surface area contributed by atoms with Gasteiger partial charge in [0.25, 0.3) is 0 Å². The summed E-state index contributed by atoms with van der Waals surface area (Å²) in [4.78, 5) is 18.6. The molecular weight excluding hydrogens is 252 g/mol. The number of likely N-dealkylation sites (tertiary alicyclic amines) is 1. The summed E-state index contributed by atoms with van der Waals surface area (Å²) in [6, 6.07) is 0.613. The van der Waals surface area contributed by atoms with Gasteiger partial charge in [0, 0.05) is 44.1 Å². The lowest BCUT2D eigenvalue weighted by atomic mass is 9.79. The lowest BCUT2D eigenvalue weighted by Crippen LogP contribution is -2.54. The number of piperidine rings is 1. The molecule has 0 radical (unpaired) electrons. The van der Waals surface area contributed by atoms with Crippen LogP contribution in [0.5, 0.6) is 0 Å². The van der Waals surface area contributed by atoms with Crippen molar-refractivity contribution in [3.05, 3.63) is 0 Å². The van der Waals surface area contributed by atoms with Crippen LogP contribution in [0.4, 0.5) is 0 Å². The van der Waals surface area contributed by atoms with E-state index in [4.69, 9.17) is 0 Å². The van der Waals surface area contributed by atoms with E-state index in [1.807, 2.05) is 0 Å². The second-order valence-corrected chi connectivity index (χ2v) is 6.55. The molecule has 3 fully saturated rings. The van der Waals surface area contributed by atoms with Gasteiger partial charge in [-0.2, -0.15) is 0 Å². The molecule has 1 saturated carbocycles. The highest BCUT2D eigenvalue weighted by atomic mass is 16.1. The van der Waals surface area contributed by atoms with E-state index >= 15 is 0 Å². The van der Waals surface area contributed by atoms with Gasteiger partial charge in [-0.15, -0.1) is 0 Å². The zero-order valence-corrected chi connectivity index (χ0v) is 12.5. The molecule has 2 heterocycles. The van der Waals surface area contributed by atoms with Gasteiger partial charge in [0.15, 0.2) is 5.96 Å². The van der Waals surface area contributed by atoms with Crippen LogP contribution in [0.1, 0.15) is 45.4 Å². The van der Waals surface area contributed by atoms with E-state index in [0.717, 1.165) is 45.0 Å². The predicted octanol–water partition coefficient (Wildman–Crippen LogP) is 1.11. The number of aliphatic imine (C=N–C) groups is 1. The van der Waals surface area contributed by atoms with Crippen LogP contribution in [0.25, 0.3) is 0 Å². The van der Waals surface area contributed by atoms with Crippen molar-refractivity contribution >= 4 is 11.9 Å². The second-order valence-electron chi connectivity index (χ2n) is 6.55. The molecule has 2 saturated heterocycles. The molecule has 1 atom stereocenters. The lowest BCUT2D eigenvalue weighted by molar-refractivity contribution is -0.119. The number of guanidine groups is 1. The Morgan fingerprint density at radius 3 is 2.95 bits per heavy atom. The maximum absolute atomic E-state index is 11.6. The van der Waals surface area contributed by atoms with Crippen LogP contribution in [0.15, 0.2) is 4.99 Å². The fraction of sp³-hybridized carbons (Fsp3) is 0.867. The maximum atomic E-state index is 11.6. The molecule has 2 N–H and O–H groups in total. The standard InChI is InChI=1S/C15H26N4O/c1-2-16-14(18-12-5-3-6-12)19-8-4-7-15(11-19)9-13(20)17-10-15/h12H,2-11H2,1H3,(H,16,18)(H,17,20). The first-order valence-electron chi connectivity index (χ1n) is 8.03. The molecule has 3 aliphatic rings. The molecule has 1 spiro atoms. The van der Waals surface area contributed by atoms with Gasteiger partial charge in [-0.05, 0) is 39.0 Å². The van der Waals surface area contributed by atoms with Gasteiger partial charge in [-0.1, -0.05) is 0 Å². The van der Waals surface area contributed by atoms with Crippen molar-refractivity contribution < 1.29 is 4.79 Å². The zero-order chi connectivity index (χ0) is 14.0. The summed E-state index contributed by atoms with van der Waals surface area (Å²) in [5.41, 5.74) is 0.144. The summed E-state index contributed by atoms with van der Waals surface area (Å²) < 4.78 is 0. The Bertz CT molecular complexity index is 405. The SMILES string of the molecule is CCN=C(NC1CCC1)N1CCCC2(CNC(=O)C2)C1. The third kappa shape index (κ3) is 2.76. The van der Waals surface area contributed by atoms with E-state index in [1.165, 1.54) is 19.3 Å². The van der Waals surface area contributed by atoms with Gasteiger partial charge in [0.2, 0.25) is 5.91 Å². The van der Waals surface area contributed by atoms with Crippen LogP contribution in [0, 0.1) is 5.41 Å². The van der Waals surface area contributed by atoms with Crippen LogP contribution in [0.3, 0.4) is 0 Å². The first-order chi connectivity index (χ1) is 9.71. The number of hydrogen-bond donors (Lipinski definition) is 2. The smallest absolute Gasteiger partial charge is 0.220 e. The van der Waals surface area contributed by atoms with Crippen molar-refractivity contribution in [3.8, 4) is 0 Å². The van der Waals surface area contributed by atoms with Crippen molar-refractivity contribution in [1.29, 1.82) is 0 Å². The normalized spacial score (nSPS) is 31.4. The third-order valence-electron chi connectivity index (χ3n) is 4.90. The second kappa shape index (κ2) is 5.62. The Morgan fingerprint density at radius 2 is 2.35 bits per heavy atom. The number of nitrogens with zero attached hydrogens (tertiary/aromatic N) is 2.